The number of nitrogens with zero attached hydrogens (tertiary/aromatic N) is 1. The van der Waals surface area contributed by atoms with Crippen LogP contribution in [0.4, 0.5) is 0 Å². The van der Waals surface area contributed by atoms with Crippen molar-refractivity contribution in [1.29, 1.82) is 5.26 Å². The summed E-state index contributed by atoms with van der Waals surface area (Å²) in [7, 11) is 0. The molecule has 0 aromatic carbocycles. The Hall–Kier alpha value is -0.480. The molecule has 0 fully saturated rings. The van der Waals surface area contributed by atoms with E-state index in [0.29, 0.717) is 12.3 Å². The summed E-state index contributed by atoms with van der Waals surface area (Å²) < 4.78 is 0. The maximum Gasteiger partial charge on any atom is 0.0666 e. The summed E-state index contributed by atoms with van der Waals surface area (Å²) >= 11 is 5.28. The highest BCUT2D eigenvalue weighted by Gasteiger charge is 1.85. The molecule has 2 heteroatoms. The second-order valence-corrected chi connectivity index (χ2v) is 1.49. The highest BCUT2D eigenvalue weighted by Crippen LogP contribution is 1.96. The lowest BCUT2D eigenvalue weighted by Gasteiger charge is -1.85. The molecule has 0 aromatic rings. The lowest BCUT2D eigenvalue weighted by molar-refractivity contribution is 1.23. The number of alkyl halides is 1. The second kappa shape index (κ2) is 3.70. The predicted octanol–water partition coefficient (Wildman–Crippen LogP) is 1.70. The average molecular weight is 116 g/mol. The molecule has 0 unspecified atom stereocenters. The third kappa shape index (κ3) is 3.35. The Morgan fingerprint density at radius 3 is 2.57 bits per heavy atom. The highest BCUT2D eigenvalue weighted by atomic mass is 35.5. The van der Waals surface area contributed by atoms with Crippen molar-refractivity contribution in [1.82, 2.24) is 0 Å². The van der Waals surface area contributed by atoms with Crippen LogP contribution in [0.5, 0.6) is 0 Å². The zero-order valence-corrected chi connectivity index (χ0v) is 4.70. The molecule has 1 nitrogen and oxygen atoms in total. The molecule has 0 aliphatic carbocycles. The van der Waals surface area contributed by atoms with Crippen molar-refractivity contribution in [2.24, 2.45) is 0 Å². The Kier molecular flexibility index (Phi) is 3.45. The average Bonchev–Trinajstić information content (AvgIpc) is 1.68. The SMILES string of the molecule is C=C(CCl)CC#N. The van der Waals surface area contributed by atoms with Crippen LogP contribution in [-0.4, -0.2) is 5.88 Å². The molecule has 0 aliphatic rings. The molecule has 38 valence electrons. The van der Waals surface area contributed by atoms with Crippen LogP contribution in [0.15, 0.2) is 12.2 Å². The smallest absolute Gasteiger partial charge is 0.0666 e. The lowest BCUT2D eigenvalue weighted by Crippen LogP contribution is -1.76. The summed E-state index contributed by atoms with van der Waals surface area (Å²) in [5.41, 5.74) is 0.782. The van der Waals surface area contributed by atoms with Gasteiger partial charge < -0.3 is 0 Å². The van der Waals surface area contributed by atoms with Gasteiger partial charge in [0.15, 0.2) is 0 Å². The van der Waals surface area contributed by atoms with E-state index in [1.807, 2.05) is 6.07 Å². The number of hydrogen-bond donors (Lipinski definition) is 0. The Bertz CT molecular complexity index is 101. The van der Waals surface area contributed by atoms with Crippen LogP contribution in [0.3, 0.4) is 0 Å². The van der Waals surface area contributed by atoms with Gasteiger partial charge in [0.25, 0.3) is 0 Å². The van der Waals surface area contributed by atoms with Gasteiger partial charge >= 0.3 is 0 Å². The van der Waals surface area contributed by atoms with E-state index in [2.05, 4.69) is 6.58 Å². The molecule has 0 rings (SSSR count). The van der Waals surface area contributed by atoms with E-state index in [-0.39, 0.29) is 0 Å². The third-order valence-corrected chi connectivity index (χ3v) is 0.896. The quantitative estimate of drug-likeness (QED) is 0.397. The molecule has 0 saturated carbocycles. The fourth-order valence-electron chi connectivity index (χ4n) is 0.159. The lowest BCUT2D eigenvalue weighted by atomic mass is 10.3. The van der Waals surface area contributed by atoms with Crippen LogP contribution in [0.1, 0.15) is 6.42 Å². The first-order valence-corrected chi connectivity index (χ1v) is 2.44. The normalized spacial score (nSPS) is 7.43. The number of halogens is 1. The monoisotopic (exact) mass is 115 g/mol. The van der Waals surface area contributed by atoms with Crippen LogP contribution in [-0.2, 0) is 0 Å². The van der Waals surface area contributed by atoms with Crippen molar-refractivity contribution < 1.29 is 0 Å². The van der Waals surface area contributed by atoms with Crippen LogP contribution >= 0.6 is 11.6 Å². The minimum atomic E-state index is 0.378. The zero-order chi connectivity index (χ0) is 5.70. The van der Waals surface area contributed by atoms with Crippen molar-refractivity contribution in [2.45, 2.75) is 6.42 Å². The predicted molar refractivity (Wildman–Crippen MR) is 30.1 cm³/mol. The molecule has 0 saturated heterocycles. The number of allylic oxidation sites excluding steroid dienone is 1. The van der Waals surface area contributed by atoms with Gasteiger partial charge in [0.1, 0.15) is 0 Å². The highest BCUT2D eigenvalue weighted by molar-refractivity contribution is 6.19. The maximum absolute atomic E-state index is 8.00. The molecule has 0 amide bonds. The van der Waals surface area contributed by atoms with Crippen LogP contribution < -0.4 is 0 Å². The Morgan fingerprint density at radius 1 is 1.86 bits per heavy atom. The molecule has 7 heavy (non-hydrogen) atoms. The van der Waals surface area contributed by atoms with Crippen molar-refractivity contribution >= 4 is 11.6 Å². The van der Waals surface area contributed by atoms with Gasteiger partial charge in [0.05, 0.1) is 12.5 Å². The second-order valence-electron chi connectivity index (χ2n) is 1.22. The van der Waals surface area contributed by atoms with Gasteiger partial charge in [0.2, 0.25) is 0 Å². The van der Waals surface area contributed by atoms with Gasteiger partial charge in [-0.05, 0) is 5.57 Å². The fourth-order valence-corrected chi connectivity index (χ4v) is 0.254. The van der Waals surface area contributed by atoms with Crippen molar-refractivity contribution in [3.63, 3.8) is 0 Å². The largest absolute Gasteiger partial charge is 0.198 e. The van der Waals surface area contributed by atoms with E-state index in [4.69, 9.17) is 16.9 Å². The summed E-state index contributed by atoms with van der Waals surface area (Å²) in [5.74, 6) is 0.396. The molecule has 0 radical (unpaired) electrons. The number of hydrogen-bond acceptors (Lipinski definition) is 1. The molecular weight excluding hydrogens is 110 g/mol. The minimum Gasteiger partial charge on any atom is -0.198 e. The topological polar surface area (TPSA) is 23.8 Å². The van der Waals surface area contributed by atoms with E-state index >= 15 is 0 Å². The summed E-state index contributed by atoms with van der Waals surface area (Å²) in [4.78, 5) is 0. The van der Waals surface area contributed by atoms with Crippen molar-refractivity contribution in [2.75, 3.05) is 5.88 Å². The van der Waals surface area contributed by atoms with Gasteiger partial charge in [-0.3, -0.25) is 0 Å². The standard InChI is InChI=1S/C5H6ClN/c1-5(4-6)2-3-7/h1-2,4H2. The number of rotatable bonds is 2. The molecule has 0 aliphatic heterocycles. The molecule has 0 bridgehead atoms. The summed E-state index contributed by atoms with van der Waals surface area (Å²) in [6.07, 6.45) is 0.378. The molecule has 0 N–H and O–H groups in total. The van der Waals surface area contributed by atoms with E-state index in [1.54, 1.807) is 0 Å². The Balaban J connectivity index is 3.23. The molecular formula is C5H6ClN. The third-order valence-electron chi connectivity index (χ3n) is 0.518. The van der Waals surface area contributed by atoms with Crippen molar-refractivity contribution in [3.05, 3.63) is 12.2 Å². The first kappa shape index (κ1) is 6.52. The first-order chi connectivity index (χ1) is 3.31. The van der Waals surface area contributed by atoms with E-state index in [9.17, 15) is 0 Å². The van der Waals surface area contributed by atoms with Gasteiger partial charge in [-0.25, -0.2) is 0 Å². The molecule has 0 heterocycles. The molecule has 0 aromatic heterocycles. The fraction of sp³-hybridized carbons (Fsp3) is 0.400. The zero-order valence-electron chi connectivity index (χ0n) is 3.95. The van der Waals surface area contributed by atoms with E-state index in [1.165, 1.54) is 0 Å². The van der Waals surface area contributed by atoms with Gasteiger partial charge in [-0.15, -0.1) is 11.6 Å². The van der Waals surface area contributed by atoms with Crippen LogP contribution in [0, 0.1) is 11.3 Å². The van der Waals surface area contributed by atoms with Crippen LogP contribution in [0.25, 0.3) is 0 Å². The summed E-state index contributed by atoms with van der Waals surface area (Å²) in [6.45, 7) is 3.51. The van der Waals surface area contributed by atoms with E-state index < -0.39 is 0 Å². The van der Waals surface area contributed by atoms with Gasteiger partial charge in [-0.1, -0.05) is 6.58 Å². The summed E-state index contributed by atoms with van der Waals surface area (Å²) in [5, 5.41) is 8.00. The van der Waals surface area contributed by atoms with E-state index in [0.717, 1.165) is 5.57 Å². The Labute approximate surface area is 48.2 Å². The molecule has 0 atom stereocenters. The maximum atomic E-state index is 8.00. The minimum absolute atomic E-state index is 0.378. The molecule has 0 spiro atoms. The first-order valence-electron chi connectivity index (χ1n) is 1.91. The Morgan fingerprint density at radius 2 is 2.43 bits per heavy atom. The van der Waals surface area contributed by atoms with Gasteiger partial charge in [0, 0.05) is 5.88 Å². The van der Waals surface area contributed by atoms with Crippen LogP contribution in [0.2, 0.25) is 0 Å². The van der Waals surface area contributed by atoms with Gasteiger partial charge in [-0.2, -0.15) is 5.26 Å². The number of nitriles is 1. The summed E-state index contributed by atoms with van der Waals surface area (Å²) in [6, 6.07) is 1.93. The van der Waals surface area contributed by atoms with Crippen molar-refractivity contribution in [3.8, 4) is 6.07 Å².